The van der Waals surface area contributed by atoms with Gasteiger partial charge in [-0.05, 0) is 33.6 Å². The number of hydrogen-bond acceptors (Lipinski definition) is 6. The van der Waals surface area contributed by atoms with Gasteiger partial charge >= 0.3 is 6.15 Å². The summed E-state index contributed by atoms with van der Waals surface area (Å²) in [5.74, 6) is 5.38. The van der Waals surface area contributed by atoms with Crippen LogP contribution >= 0.6 is 0 Å². The van der Waals surface area contributed by atoms with Crippen LogP contribution in [0.3, 0.4) is 0 Å². The fraction of sp³-hybridized carbons (Fsp3) is 0.625. The first-order chi connectivity index (χ1) is 10.9. The summed E-state index contributed by atoms with van der Waals surface area (Å²) in [6, 6.07) is 0. The molecule has 1 heterocycles. The maximum absolute atomic E-state index is 8.09. The molecule has 0 aliphatic carbocycles. The van der Waals surface area contributed by atoms with Crippen molar-refractivity contribution >= 4 is 6.15 Å². The van der Waals surface area contributed by atoms with Gasteiger partial charge in [0.05, 0.1) is 0 Å². The third-order valence-corrected chi connectivity index (χ3v) is 4.22. The van der Waals surface area contributed by atoms with Gasteiger partial charge in [-0.15, -0.1) is 23.9 Å². The number of allylic oxidation sites excluding steroid dienone is 2. The minimum atomic E-state index is -2.72. The molecule has 1 atom stereocenters. The van der Waals surface area contributed by atoms with Crippen LogP contribution in [-0.4, -0.2) is 35.7 Å². The Hall–Kier alpha value is -2.64. The van der Waals surface area contributed by atoms with Gasteiger partial charge in [0, 0.05) is 25.0 Å². The Morgan fingerprint density at radius 3 is 1.74 bits per heavy atom. The molecule has 1 aliphatic heterocycles. The molecule has 0 N–H and O–H groups in total. The Morgan fingerprint density at radius 1 is 0.957 bits per heavy atom. The van der Waals surface area contributed by atoms with Gasteiger partial charge in [0.1, 0.15) is 6.17 Å². The fourth-order valence-electron chi connectivity index (χ4n) is 2.48. The quantitative estimate of drug-likeness (QED) is 0.740. The van der Waals surface area contributed by atoms with Gasteiger partial charge in [0.2, 0.25) is 0 Å². The molecule has 1 aliphatic rings. The maximum atomic E-state index is 8.09. The van der Waals surface area contributed by atoms with Crippen LogP contribution in [0.15, 0.2) is 11.4 Å². The Labute approximate surface area is 139 Å². The summed E-state index contributed by atoms with van der Waals surface area (Å²) in [6.45, 7) is 10.1. The molecule has 0 radical (unpaired) electrons. The predicted octanol–water partition coefficient (Wildman–Crippen LogP) is 2.71. The summed E-state index contributed by atoms with van der Waals surface area (Å²) >= 11 is 0. The number of nitriles is 4. The fourth-order valence-corrected chi connectivity index (χ4v) is 2.48. The highest BCUT2D eigenvalue weighted by atomic mass is 15.4. The molecule has 0 fully saturated rings. The lowest BCUT2D eigenvalue weighted by atomic mass is 9.30. The molecule has 23 heavy (non-hydrogen) atoms. The average Bonchev–Trinajstić information content (AvgIpc) is 2.79. The molecule has 0 aromatic heterocycles. The van der Waals surface area contributed by atoms with Crippen molar-refractivity contribution in [3.63, 3.8) is 0 Å². The predicted molar refractivity (Wildman–Crippen MR) is 90.0 cm³/mol. The van der Waals surface area contributed by atoms with Gasteiger partial charge in [-0.25, -0.2) is 21.0 Å². The van der Waals surface area contributed by atoms with Crippen LogP contribution in [0.1, 0.15) is 47.0 Å². The Bertz CT molecular complexity index is 537. The van der Waals surface area contributed by atoms with Crippen LogP contribution < -0.4 is 0 Å². The largest absolute Gasteiger partial charge is 0.383 e. The summed E-state index contributed by atoms with van der Waals surface area (Å²) in [5.41, 5.74) is 2.89. The molecule has 0 aromatic rings. The zero-order chi connectivity index (χ0) is 18.0. The molecule has 0 bridgehead atoms. The minimum Gasteiger partial charge on any atom is -0.356 e. The summed E-state index contributed by atoms with van der Waals surface area (Å²) < 4.78 is 0. The van der Waals surface area contributed by atoms with Crippen LogP contribution in [0.2, 0.25) is 0 Å². The SMILES string of the molecule is CCCCC1N(C)C(C)=C(C)N1CC.N#C[B-](C#N)(C#N)C#N. The zero-order valence-electron chi connectivity index (χ0n) is 14.7. The molecule has 0 spiro atoms. The summed E-state index contributed by atoms with van der Waals surface area (Å²) in [5, 5.41) is 32.3. The molecular weight excluding hydrogens is 287 g/mol. The molecular formula is C16H24BN6-. The highest BCUT2D eigenvalue weighted by Crippen LogP contribution is 2.29. The van der Waals surface area contributed by atoms with E-state index in [2.05, 4.69) is 44.5 Å². The Balaban J connectivity index is 0.000000468. The number of hydrogen-bond donors (Lipinski definition) is 0. The van der Waals surface area contributed by atoms with Gasteiger partial charge < -0.3 is 9.80 Å². The van der Waals surface area contributed by atoms with E-state index < -0.39 is 6.15 Å². The molecule has 0 saturated heterocycles. The van der Waals surface area contributed by atoms with Crippen LogP contribution in [0, 0.1) is 44.9 Å². The molecule has 0 aromatic carbocycles. The lowest BCUT2D eigenvalue weighted by Gasteiger charge is -2.31. The minimum absolute atomic E-state index is 0.611. The molecule has 0 amide bonds. The lowest BCUT2D eigenvalue weighted by Crippen LogP contribution is -2.38. The summed E-state index contributed by atoms with van der Waals surface area (Å²) in [7, 11) is 2.22. The first kappa shape index (κ1) is 20.4. The van der Waals surface area contributed by atoms with E-state index >= 15 is 0 Å². The Morgan fingerprint density at radius 2 is 1.43 bits per heavy atom. The first-order valence-corrected chi connectivity index (χ1v) is 7.85. The molecule has 7 heteroatoms. The van der Waals surface area contributed by atoms with Gasteiger partial charge in [-0.3, -0.25) is 0 Å². The Kier molecular flexibility index (Phi) is 8.32. The number of rotatable bonds is 4. The van der Waals surface area contributed by atoms with E-state index in [9.17, 15) is 0 Å². The molecule has 1 unspecified atom stereocenters. The molecule has 6 nitrogen and oxygen atoms in total. The van der Waals surface area contributed by atoms with Crippen molar-refractivity contribution in [2.24, 2.45) is 0 Å². The van der Waals surface area contributed by atoms with E-state index in [1.165, 1.54) is 54.5 Å². The normalized spacial score (nSPS) is 16.7. The van der Waals surface area contributed by atoms with Gasteiger partial charge in [-0.2, -0.15) is 0 Å². The van der Waals surface area contributed by atoms with E-state index in [1.807, 2.05) is 0 Å². The molecule has 0 saturated carbocycles. The van der Waals surface area contributed by atoms with Crippen molar-refractivity contribution in [2.75, 3.05) is 13.6 Å². The van der Waals surface area contributed by atoms with Crippen molar-refractivity contribution in [1.82, 2.24) is 9.80 Å². The summed E-state index contributed by atoms with van der Waals surface area (Å²) in [6.07, 6.45) is 1.79. The zero-order valence-corrected chi connectivity index (χ0v) is 14.7. The van der Waals surface area contributed by atoms with E-state index in [0.717, 1.165) is 6.54 Å². The van der Waals surface area contributed by atoms with E-state index in [4.69, 9.17) is 21.0 Å². The van der Waals surface area contributed by atoms with Crippen molar-refractivity contribution in [2.45, 2.75) is 53.1 Å². The lowest BCUT2D eigenvalue weighted by molar-refractivity contribution is 0.154. The maximum Gasteiger partial charge on any atom is 0.383 e. The van der Waals surface area contributed by atoms with Crippen molar-refractivity contribution in [3.8, 4) is 23.9 Å². The monoisotopic (exact) mass is 311 g/mol. The van der Waals surface area contributed by atoms with Crippen molar-refractivity contribution in [1.29, 1.82) is 21.0 Å². The smallest absolute Gasteiger partial charge is 0.356 e. The molecule has 1 rings (SSSR count). The van der Waals surface area contributed by atoms with Crippen LogP contribution in [0.5, 0.6) is 0 Å². The van der Waals surface area contributed by atoms with Crippen LogP contribution in [0.25, 0.3) is 0 Å². The number of nitrogens with zero attached hydrogens (tertiary/aromatic N) is 6. The van der Waals surface area contributed by atoms with E-state index in [0.29, 0.717) is 6.17 Å². The topological polar surface area (TPSA) is 102 Å². The molecule has 122 valence electrons. The second-order valence-electron chi connectivity index (χ2n) is 5.57. The second-order valence-corrected chi connectivity index (χ2v) is 5.57. The average molecular weight is 311 g/mol. The van der Waals surface area contributed by atoms with Gasteiger partial charge in [-0.1, -0.05) is 13.3 Å². The van der Waals surface area contributed by atoms with Gasteiger partial charge in [0.15, 0.2) is 0 Å². The van der Waals surface area contributed by atoms with Crippen molar-refractivity contribution in [3.05, 3.63) is 11.4 Å². The third kappa shape index (κ3) is 4.67. The van der Waals surface area contributed by atoms with E-state index in [1.54, 1.807) is 0 Å². The van der Waals surface area contributed by atoms with Gasteiger partial charge in [0.25, 0.3) is 0 Å². The second kappa shape index (κ2) is 9.40. The standard InChI is InChI=1S/C12H24N2.C4BN4/c1-6-8-9-12-13(5)10(3)11(4)14(12)7-2;6-1-5(2-7,3-8)4-9/h12H,6-9H2,1-5H3;/q;-1. The van der Waals surface area contributed by atoms with E-state index in [-0.39, 0.29) is 0 Å². The van der Waals surface area contributed by atoms with Crippen LogP contribution in [0.4, 0.5) is 0 Å². The van der Waals surface area contributed by atoms with Crippen molar-refractivity contribution < 1.29 is 0 Å². The third-order valence-electron chi connectivity index (χ3n) is 4.22. The highest BCUT2D eigenvalue weighted by Gasteiger charge is 2.29. The first-order valence-electron chi connectivity index (χ1n) is 7.85. The number of unbranched alkanes of at least 4 members (excludes halogenated alkanes) is 1. The highest BCUT2D eigenvalue weighted by molar-refractivity contribution is 7.05. The van der Waals surface area contributed by atoms with Crippen LogP contribution in [-0.2, 0) is 0 Å². The summed E-state index contributed by atoms with van der Waals surface area (Å²) in [4.78, 5) is 4.94.